The number of rotatable bonds is 12. The first-order chi connectivity index (χ1) is 26.8. The Morgan fingerprint density at radius 2 is 1.35 bits per heavy atom. The minimum atomic E-state index is -3.73. The van der Waals surface area contributed by atoms with Crippen molar-refractivity contribution in [2.45, 2.75) is 9.75 Å². The van der Waals surface area contributed by atoms with E-state index < -0.39 is 15.6 Å². The van der Waals surface area contributed by atoms with Gasteiger partial charge in [-0.1, -0.05) is 97.1 Å². The number of sulfonamides is 1. The van der Waals surface area contributed by atoms with Crippen molar-refractivity contribution in [3.05, 3.63) is 181 Å². The van der Waals surface area contributed by atoms with Crippen LogP contribution in [-0.2, 0) is 20.3 Å². The van der Waals surface area contributed by atoms with Crippen molar-refractivity contribution in [1.82, 2.24) is 24.1 Å². The fraction of sp³-hybridized carbons (Fsp3) is 0.114. The quantitative estimate of drug-likeness (QED) is 0.115. The molecule has 0 spiro atoms. The lowest BCUT2D eigenvalue weighted by Crippen LogP contribution is -2.38. The molecule has 0 amide bonds. The van der Waals surface area contributed by atoms with E-state index in [1.54, 1.807) is 31.3 Å². The lowest BCUT2D eigenvalue weighted by atomic mass is 9.77. The maximum absolute atomic E-state index is 14.4. The van der Waals surface area contributed by atoms with Gasteiger partial charge in [-0.3, -0.25) is 4.68 Å². The first-order valence-electron chi connectivity index (χ1n) is 17.6. The van der Waals surface area contributed by atoms with Gasteiger partial charge in [-0.25, -0.2) is 22.8 Å². The maximum atomic E-state index is 14.4. The largest absolute Gasteiger partial charge is 0.383 e. The highest BCUT2D eigenvalue weighted by Crippen LogP contribution is 2.44. The van der Waals surface area contributed by atoms with Crippen molar-refractivity contribution in [2.75, 3.05) is 27.3 Å². The molecule has 11 heteroatoms. The Balaban J connectivity index is 1.35. The molecule has 3 aromatic heterocycles. The Morgan fingerprint density at radius 1 is 0.745 bits per heavy atom. The summed E-state index contributed by atoms with van der Waals surface area (Å²) < 4.78 is 49.7. The summed E-state index contributed by atoms with van der Waals surface area (Å²) in [6.45, 7) is 0.517. The van der Waals surface area contributed by atoms with Crippen molar-refractivity contribution in [1.29, 1.82) is 0 Å². The average Bonchev–Trinajstić information content (AvgIpc) is 3.91. The highest BCUT2D eigenvalue weighted by Gasteiger charge is 2.40. The smallest absolute Gasteiger partial charge is 0.252 e. The van der Waals surface area contributed by atoms with Gasteiger partial charge in [0.05, 0.1) is 22.7 Å². The molecular weight excluding hydrogens is 730 g/mol. The van der Waals surface area contributed by atoms with Gasteiger partial charge in [-0.05, 0) is 70.8 Å². The van der Waals surface area contributed by atoms with Gasteiger partial charge in [0.1, 0.15) is 27.6 Å². The summed E-state index contributed by atoms with van der Waals surface area (Å²) in [5.41, 5.74) is 6.50. The van der Waals surface area contributed by atoms with Gasteiger partial charge in [0.15, 0.2) is 0 Å². The van der Waals surface area contributed by atoms with E-state index in [1.165, 1.54) is 29.9 Å². The molecule has 0 radical (unpaired) electrons. The highest BCUT2D eigenvalue weighted by molar-refractivity contribution is 7.91. The van der Waals surface area contributed by atoms with E-state index in [4.69, 9.17) is 9.84 Å². The topological polar surface area (TPSA) is 90.2 Å². The Hall–Kier alpha value is -5.85. The number of fused-ring (bicyclic) bond motifs is 1. The zero-order chi connectivity index (χ0) is 38.0. The summed E-state index contributed by atoms with van der Waals surface area (Å²) in [6.07, 6.45) is 3.55. The number of aromatic nitrogens is 4. The van der Waals surface area contributed by atoms with E-state index in [0.29, 0.717) is 21.8 Å². The lowest BCUT2D eigenvalue weighted by molar-refractivity contribution is 0.185. The number of benzene rings is 5. The van der Waals surface area contributed by atoms with Crippen LogP contribution in [0.4, 0.5) is 4.39 Å². The van der Waals surface area contributed by atoms with Gasteiger partial charge in [0.2, 0.25) is 0 Å². The number of nitrogens with zero attached hydrogens (tertiary/aromatic N) is 5. The second-order valence-corrected chi connectivity index (χ2v) is 16.4. The van der Waals surface area contributed by atoms with Crippen LogP contribution in [0.1, 0.15) is 16.7 Å². The molecule has 8 nitrogen and oxygen atoms in total. The normalized spacial score (nSPS) is 12.1. The maximum Gasteiger partial charge on any atom is 0.252 e. The van der Waals surface area contributed by atoms with Gasteiger partial charge in [0, 0.05) is 43.4 Å². The SMILES string of the molecule is COCCN(C)S(=O)(=O)c1ccc(-c2ncnc3ccc(-c4cn(C(c5ccccc5)(c5ccccc5)c5ccccc5)nc4-c4ccc(F)cc4)cc23)s1. The zero-order valence-electron chi connectivity index (χ0n) is 30.1. The molecular formula is C44H36FN5O3S2. The first-order valence-corrected chi connectivity index (χ1v) is 19.9. The van der Waals surface area contributed by atoms with Gasteiger partial charge in [-0.15, -0.1) is 11.3 Å². The van der Waals surface area contributed by atoms with Gasteiger partial charge in [0.25, 0.3) is 10.0 Å². The molecule has 8 aromatic rings. The third-order valence-corrected chi connectivity index (χ3v) is 13.2. The number of methoxy groups -OCH3 is 1. The fourth-order valence-electron chi connectivity index (χ4n) is 7.01. The number of halogens is 1. The van der Waals surface area contributed by atoms with Crippen molar-refractivity contribution in [3.63, 3.8) is 0 Å². The van der Waals surface area contributed by atoms with Crippen LogP contribution in [0.3, 0.4) is 0 Å². The molecule has 0 unspecified atom stereocenters. The molecule has 0 bridgehead atoms. The molecule has 0 atom stereocenters. The van der Waals surface area contributed by atoms with Gasteiger partial charge in [-0.2, -0.15) is 9.40 Å². The van der Waals surface area contributed by atoms with E-state index in [0.717, 1.165) is 50.1 Å². The third kappa shape index (κ3) is 6.65. The lowest BCUT2D eigenvalue weighted by Gasteiger charge is -2.36. The number of ether oxygens (including phenoxy) is 1. The Bertz CT molecular complexity index is 2590. The number of thiophene rings is 1. The van der Waals surface area contributed by atoms with Crippen LogP contribution in [-0.4, -0.2) is 59.8 Å². The van der Waals surface area contributed by atoms with E-state index in [1.807, 2.05) is 77.5 Å². The molecule has 8 rings (SSSR count). The Labute approximate surface area is 323 Å². The molecule has 0 N–H and O–H groups in total. The first kappa shape index (κ1) is 36.1. The van der Waals surface area contributed by atoms with Crippen molar-refractivity contribution >= 4 is 32.3 Å². The van der Waals surface area contributed by atoms with Crippen molar-refractivity contribution in [3.8, 4) is 33.0 Å². The minimum absolute atomic E-state index is 0.211. The molecule has 0 aliphatic rings. The molecule has 55 heavy (non-hydrogen) atoms. The molecule has 0 saturated heterocycles. The van der Waals surface area contributed by atoms with Crippen LogP contribution in [0.25, 0.3) is 43.9 Å². The zero-order valence-corrected chi connectivity index (χ0v) is 31.7. The van der Waals surface area contributed by atoms with Crippen LogP contribution in [0, 0.1) is 5.82 Å². The number of hydrogen-bond acceptors (Lipinski definition) is 7. The summed E-state index contributed by atoms with van der Waals surface area (Å²) in [5, 5.41) is 6.15. The van der Waals surface area contributed by atoms with E-state index in [9.17, 15) is 12.8 Å². The minimum Gasteiger partial charge on any atom is -0.383 e. The third-order valence-electron chi connectivity index (χ3n) is 9.79. The van der Waals surface area contributed by atoms with Crippen LogP contribution in [0.2, 0.25) is 0 Å². The fourth-order valence-corrected chi connectivity index (χ4v) is 9.70. The van der Waals surface area contributed by atoms with Gasteiger partial charge >= 0.3 is 0 Å². The summed E-state index contributed by atoms with van der Waals surface area (Å²) in [7, 11) is -0.649. The van der Waals surface area contributed by atoms with Crippen LogP contribution < -0.4 is 0 Å². The van der Waals surface area contributed by atoms with Crippen LogP contribution in [0.15, 0.2) is 162 Å². The van der Waals surface area contributed by atoms with Crippen molar-refractivity contribution in [2.24, 2.45) is 0 Å². The Morgan fingerprint density at radius 3 is 1.95 bits per heavy atom. The summed E-state index contributed by atoms with van der Waals surface area (Å²) >= 11 is 1.16. The standard InChI is InChI=1S/C44H36FN5O3S2/c1-49(26-27-53-2)55(51,52)41-25-24-40(54-41)43-37-28-32(20-23-39(37)46-30-47-43)38-29-50(48-42(38)31-18-21-36(45)22-19-31)44(33-12-6-3-7-13-33,34-14-8-4-9-15-34)35-16-10-5-11-17-35/h3-25,28-30H,26-27H2,1-2H3. The predicted octanol–water partition coefficient (Wildman–Crippen LogP) is 9.13. The van der Waals surface area contributed by atoms with Gasteiger partial charge < -0.3 is 4.74 Å². The van der Waals surface area contributed by atoms with E-state index in [2.05, 4.69) is 52.6 Å². The summed E-state index contributed by atoms with van der Waals surface area (Å²) in [4.78, 5) is 9.92. The molecule has 0 aliphatic carbocycles. The number of likely N-dealkylation sites (N-methyl/N-ethyl adjacent to an activating group) is 1. The molecule has 3 heterocycles. The van der Waals surface area contributed by atoms with Crippen molar-refractivity contribution < 1.29 is 17.5 Å². The molecule has 0 saturated carbocycles. The highest BCUT2D eigenvalue weighted by atomic mass is 32.2. The van der Waals surface area contributed by atoms with Crippen LogP contribution in [0.5, 0.6) is 0 Å². The second-order valence-electron chi connectivity index (χ2n) is 13.0. The molecule has 274 valence electrons. The average molecular weight is 766 g/mol. The monoisotopic (exact) mass is 765 g/mol. The van der Waals surface area contributed by atoms with Crippen LogP contribution >= 0.6 is 11.3 Å². The number of hydrogen-bond donors (Lipinski definition) is 0. The summed E-state index contributed by atoms with van der Waals surface area (Å²) in [6, 6.07) is 46.6. The molecule has 0 fully saturated rings. The van der Waals surface area contributed by atoms with E-state index >= 15 is 0 Å². The molecule has 0 aliphatic heterocycles. The Kier molecular flexibility index (Phi) is 9.93. The second kappa shape index (κ2) is 15.1. The summed E-state index contributed by atoms with van der Waals surface area (Å²) in [5.74, 6) is -0.341. The van der Waals surface area contributed by atoms with E-state index in [-0.39, 0.29) is 23.2 Å². The predicted molar refractivity (Wildman–Crippen MR) is 216 cm³/mol. The molecule has 5 aromatic carbocycles.